The highest BCUT2D eigenvalue weighted by molar-refractivity contribution is 5.76. The summed E-state index contributed by atoms with van der Waals surface area (Å²) in [5.74, 6) is -0.0355. The topological polar surface area (TPSA) is 69.6 Å². The summed E-state index contributed by atoms with van der Waals surface area (Å²) in [4.78, 5) is 12.3. The average molecular weight is 594 g/mol. The van der Waals surface area contributed by atoms with Crippen LogP contribution in [0.4, 0.5) is 0 Å². The Morgan fingerprint density at radius 1 is 0.548 bits per heavy atom. The highest BCUT2D eigenvalue weighted by Crippen LogP contribution is 2.15. The van der Waals surface area contributed by atoms with E-state index in [1.807, 2.05) is 0 Å². The second-order valence-corrected chi connectivity index (χ2v) is 13.0. The summed E-state index contributed by atoms with van der Waals surface area (Å²) < 4.78 is 0. The Bertz CT molecular complexity index is 565. The standard InChI is InChI=1S/C38H75NO3/c1-3-5-7-9-11-12-13-14-15-16-17-18-19-20-21-22-23-24-25-26-28-30-32-34-38(42)39-36(35-40)37(41)33-31-29-27-10-8-6-4-2/h16-17,36-37,40-41H,3-15,18-35H2,1-2H3,(H,39,42)/b17-16-. The van der Waals surface area contributed by atoms with E-state index in [0.717, 1.165) is 25.7 Å². The molecule has 1 amide bonds. The summed E-state index contributed by atoms with van der Waals surface area (Å²) >= 11 is 0. The van der Waals surface area contributed by atoms with Gasteiger partial charge in [-0.3, -0.25) is 4.79 Å². The van der Waals surface area contributed by atoms with Gasteiger partial charge in [0, 0.05) is 6.42 Å². The Balaban J connectivity index is 3.44. The minimum atomic E-state index is -0.652. The third-order valence-electron chi connectivity index (χ3n) is 8.78. The molecular formula is C38H75NO3. The van der Waals surface area contributed by atoms with Crippen molar-refractivity contribution in [3.63, 3.8) is 0 Å². The van der Waals surface area contributed by atoms with Gasteiger partial charge in [-0.15, -0.1) is 0 Å². The zero-order chi connectivity index (χ0) is 30.8. The van der Waals surface area contributed by atoms with E-state index in [1.165, 1.54) is 154 Å². The fraction of sp³-hybridized carbons (Fsp3) is 0.921. The lowest BCUT2D eigenvalue weighted by Crippen LogP contribution is -2.45. The van der Waals surface area contributed by atoms with Crippen LogP contribution in [0.2, 0.25) is 0 Å². The summed E-state index contributed by atoms with van der Waals surface area (Å²) in [6.07, 6.45) is 41.4. The molecule has 3 N–H and O–H groups in total. The van der Waals surface area contributed by atoms with Crippen molar-refractivity contribution in [2.75, 3.05) is 6.61 Å². The lowest BCUT2D eigenvalue weighted by atomic mass is 10.0. The van der Waals surface area contributed by atoms with Crippen LogP contribution in [0.3, 0.4) is 0 Å². The Hall–Kier alpha value is -0.870. The molecule has 4 heteroatoms. The van der Waals surface area contributed by atoms with E-state index in [4.69, 9.17) is 0 Å². The number of hydrogen-bond acceptors (Lipinski definition) is 3. The van der Waals surface area contributed by atoms with Gasteiger partial charge in [0.25, 0.3) is 0 Å². The average Bonchev–Trinajstić information content (AvgIpc) is 2.99. The first-order valence-electron chi connectivity index (χ1n) is 18.9. The molecule has 4 nitrogen and oxygen atoms in total. The third kappa shape index (κ3) is 30.6. The van der Waals surface area contributed by atoms with Crippen LogP contribution in [0.5, 0.6) is 0 Å². The molecular weight excluding hydrogens is 518 g/mol. The molecule has 0 bridgehead atoms. The number of nitrogens with one attached hydrogen (secondary N) is 1. The van der Waals surface area contributed by atoms with Gasteiger partial charge in [0.2, 0.25) is 5.91 Å². The Labute approximate surface area is 263 Å². The van der Waals surface area contributed by atoms with Crippen LogP contribution < -0.4 is 5.32 Å². The molecule has 0 fully saturated rings. The minimum absolute atomic E-state index is 0.0355. The number of carbonyl (C=O) groups is 1. The van der Waals surface area contributed by atoms with Gasteiger partial charge >= 0.3 is 0 Å². The van der Waals surface area contributed by atoms with E-state index < -0.39 is 12.1 Å². The van der Waals surface area contributed by atoms with E-state index in [-0.39, 0.29) is 12.5 Å². The number of hydrogen-bond donors (Lipinski definition) is 3. The van der Waals surface area contributed by atoms with Crippen LogP contribution >= 0.6 is 0 Å². The van der Waals surface area contributed by atoms with Crippen molar-refractivity contribution < 1.29 is 15.0 Å². The van der Waals surface area contributed by atoms with Crippen LogP contribution in [0.25, 0.3) is 0 Å². The maximum atomic E-state index is 12.3. The van der Waals surface area contributed by atoms with E-state index in [1.54, 1.807) is 0 Å². The predicted molar refractivity (Wildman–Crippen MR) is 184 cm³/mol. The van der Waals surface area contributed by atoms with Crippen molar-refractivity contribution in [3.8, 4) is 0 Å². The number of rotatable bonds is 34. The van der Waals surface area contributed by atoms with E-state index in [2.05, 4.69) is 31.3 Å². The molecule has 2 unspecified atom stereocenters. The number of amides is 1. The van der Waals surface area contributed by atoms with Crippen LogP contribution in [-0.4, -0.2) is 34.9 Å². The van der Waals surface area contributed by atoms with Crippen molar-refractivity contribution in [1.29, 1.82) is 0 Å². The lowest BCUT2D eigenvalue weighted by molar-refractivity contribution is -0.123. The largest absolute Gasteiger partial charge is 0.394 e. The maximum Gasteiger partial charge on any atom is 0.220 e. The summed E-state index contributed by atoms with van der Waals surface area (Å²) in [5, 5.41) is 22.9. The van der Waals surface area contributed by atoms with E-state index in [0.29, 0.717) is 12.8 Å². The Kier molecular flexibility index (Phi) is 33.9. The second kappa shape index (κ2) is 34.6. The summed E-state index contributed by atoms with van der Waals surface area (Å²) in [6, 6.07) is -0.529. The summed E-state index contributed by atoms with van der Waals surface area (Å²) in [6.45, 7) is 4.31. The van der Waals surface area contributed by atoms with Crippen molar-refractivity contribution in [2.24, 2.45) is 0 Å². The highest BCUT2D eigenvalue weighted by Gasteiger charge is 2.19. The normalized spacial score (nSPS) is 13.1. The Morgan fingerprint density at radius 2 is 0.905 bits per heavy atom. The summed E-state index contributed by atoms with van der Waals surface area (Å²) in [5.41, 5.74) is 0. The van der Waals surface area contributed by atoms with Gasteiger partial charge in [-0.2, -0.15) is 0 Å². The van der Waals surface area contributed by atoms with Crippen LogP contribution in [-0.2, 0) is 4.79 Å². The molecule has 0 heterocycles. The SMILES string of the molecule is CCCCCCCCCC/C=C\CCCCCCCCCCCCCC(=O)NC(CO)C(O)CCCCCCCCC. The molecule has 0 spiro atoms. The molecule has 0 aromatic rings. The van der Waals surface area contributed by atoms with Gasteiger partial charge in [-0.1, -0.05) is 174 Å². The maximum absolute atomic E-state index is 12.3. The molecule has 0 aliphatic heterocycles. The first kappa shape index (κ1) is 41.1. The zero-order valence-electron chi connectivity index (χ0n) is 28.5. The smallest absolute Gasteiger partial charge is 0.220 e. The molecule has 0 aromatic carbocycles. The number of allylic oxidation sites excluding steroid dienone is 2. The first-order valence-corrected chi connectivity index (χ1v) is 18.9. The fourth-order valence-corrected chi connectivity index (χ4v) is 5.82. The number of aliphatic hydroxyl groups is 2. The van der Waals surface area contributed by atoms with Crippen LogP contribution in [0, 0.1) is 0 Å². The van der Waals surface area contributed by atoms with Crippen LogP contribution in [0.1, 0.15) is 206 Å². The second-order valence-electron chi connectivity index (χ2n) is 13.0. The Morgan fingerprint density at radius 3 is 1.31 bits per heavy atom. The third-order valence-corrected chi connectivity index (χ3v) is 8.78. The van der Waals surface area contributed by atoms with Gasteiger partial charge in [0.05, 0.1) is 18.8 Å². The molecule has 0 saturated carbocycles. The number of aliphatic hydroxyl groups excluding tert-OH is 2. The minimum Gasteiger partial charge on any atom is -0.394 e. The first-order chi connectivity index (χ1) is 20.7. The molecule has 0 aromatic heterocycles. The predicted octanol–water partition coefficient (Wildman–Crippen LogP) is 11.1. The van der Waals surface area contributed by atoms with E-state index >= 15 is 0 Å². The molecule has 250 valence electrons. The highest BCUT2D eigenvalue weighted by atomic mass is 16.3. The number of unbranched alkanes of at least 4 members (excludes halogenated alkanes) is 25. The lowest BCUT2D eigenvalue weighted by Gasteiger charge is -2.22. The van der Waals surface area contributed by atoms with E-state index in [9.17, 15) is 15.0 Å². The van der Waals surface area contributed by atoms with Crippen molar-refractivity contribution in [2.45, 2.75) is 219 Å². The van der Waals surface area contributed by atoms with Gasteiger partial charge in [-0.05, 0) is 38.5 Å². The van der Waals surface area contributed by atoms with Crippen molar-refractivity contribution >= 4 is 5.91 Å². The zero-order valence-corrected chi connectivity index (χ0v) is 28.5. The molecule has 0 aliphatic carbocycles. The van der Waals surface area contributed by atoms with Gasteiger partial charge < -0.3 is 15.5 Å². The summed E-state index contributed by atoms with van der Waals surface area (Å²) in [7, 11) is 0. The fourth-order valence-electron chi connectivity index (χ4n) is 5.82. The van der Waals surface area contributed by atoms with Gasteiger partial charge in [0.1, 0.15) is 0 Å². The van der Waals surface area contributed by atoms with Crippen molar-refractivity contribution in [3.05, 3.63) is 12.2 Å². The van der Waals surface area contributed by atoms with Gasteiger partial charge in [0.15, 0.2) is 0 Å². The molecule has 0 rings (SSSR count). The monoisotopic (exact) mass is 594 g/mol. The molecule has 0 radical (unpaired) electrons. The molecule has 2 atom stereocenters. The van der Waals surface area contributed by atoms with Crippen LogP contribution in [0.15, 0.2) is 12.2 Å². The molecule has 0 saturated heterocycles. The molecule has 0 aliphatic rings. The quantitative estimate of drug-likeness (QED) is 0.0513. The van der Waals surface area contributed by atoms with Crippen molar-refractivity contribution in [1.82, 2.24) is 5.32 Å². The molecule has 42 heavy (non-hydrogen) atoms. The number of carbonyl (C=O) groups excluding carboxylic acids is 1. The van der Waals surface area contributed by atoms with Gasteiger partial charge in [-0.25, -0.2) is 0 Å².